The van der Waals surface area contributed by atoms with E-state index in [1.165, 1.54) is 19.2 Å². The van der Waals surface area contributed by atoms with Crippen molar-refractivity contribution in [1.82, 2.24) is 4.90 Å². The number of carbonyl (C=O) groups is 3. The van der Waals surface area contributed by atoms with Crippen LogP contribution in [0.4, 0.5) is 0 Å². The molecular formula is C21H21NO7. The molecule has 1 N–H and O–H groups in total. The highest BCUT2D eigenvalue weighted by atomic mass is 16.5. The third-order valence-corrected chi connectivity index (χ3v) is 4.64. The van der Waals surface area contributed by atoms with Gasteiger partial charge in [-0.05, 0) is 24.3 Å². The number of hydrogen-bond acceptors (Lipinski definition) is 7. The third-order valence-electron chi connectivity index (χ3n) is 4.64. The number of aromatic hydroxyl groups is 1. The summed E-state index contributed by atoms with van der Waals surface area (Å²) in [6.07, 6.45) is 0.511. The summed E-state index contributed by atoms with van der Waals surface area (Å²) in [5.74, 6) is -0.898. The van der Waals surface area contributed by atoms with Crippen molar-refractivity contribution in [1.29, 1.82) is 0 Å². The molecule has 1 atom stereocenters. The summed E-state index contributed by atoms with van der Waals surface area (Å²) in [5.41, 5.74) is 0.456. The summed E-state index contributed by atoms with van der Waals surface area (Å²) in [7, 11) is 1.26. The SMILES string of the molecule is COC(=O)c1ccccc1C(=O)N1CCOC[C@H]1COc1cccc(O)c1C=O. The Bertz CT molecular complexity index is 912. The van der Waals surface area contributed by atoms with Crippen LogP contribution in [0.2, 0.25) is 0 Å². The molecule has 0 aliphatic carbocycles. The van der Waals surface area contributed by atoms with E-state index in [0.29, 0.717) is 19.4 Å². The van der Waals surface area contributed by atoms with Crippen LogP contribution < -0.4 is 4.74 Å². The quantitative estimate of drug-likeness (QED) is 0.585. The van der Waals surface area contributed by atoms with Crippen molar-refractivity contribution in [2.24, 2.45) is 0 Å². The van der Waals surface area contributed by atoms with Gasteiger partial charge in [-0.1, -0.05) is 18.2 Å². The first-order valence-electron chi connectivity index (χ1n) is 9.02. The van der Waals surface area contributed by atoms with E-state index >= 15 is 0 Å². The Morgan fingerprint density at radius 1 is 1.21 bits per heavy atom. The maximum Gasteiger partial charge on any atom is 0.338 e. The van der Waals surface area contributed by atoms with Gasteiger partial charge in [0.15, 0.2) is 6.29 Å². The fourth-order valence-electron chi connectivity index (χ4n) is 3.14. The maximum absolute atomic E-state index is 13.2. The average molecular weight is 399 g/mol. The fraction of sp³-hybridized carbons (Fsp3) is 0.286. The van der Waals surface area contributed by atoms with Crippen molar-refractivity contribution in [3.05, 3.63) is 59.2 Å². The minimum absolute atomic E-state index is 0.0399. The Balaban J connectivity index is 1.80. The Kier molecular flexibility index (Phi) is 6.46. The second-order valence-electron chi connectivity index (χ2n) is 6.38. The highest BCUT2D eigenvalue weighted by Crippen LogP contribution is 2.26. The predicted molar refractivity (Wildman–Crippen MR) is 102 cm³/mol. The number of methoxy groups -OCH3 is 1. The zero-order chi connectivity index (χ0) is 20.8. The van der Waals surface area contributed by atoms with Crippen molar-refractivity contribution in [2.75, 3.05) is 33.5 Å². The summed E-state index contributed by atoms with van der Waals surface area (Å²) in [6.45, 7) is 0.967. The third kappa shape index (κ3) is 4.38. The number of rotatable bonds is 6. The fourth-order valence-corrected chi connectivity index (χ4v) is 3.14. The summed E-state index contributed by atoms with van der Waals surface area (Å²) < 4.78 is 16.0. The molecule has 8 heteroatoms. The van der Waals surface area contributed by atoms with Gasteiger partial charge in [0.2, 0.25) is 0 Å². The van der Waals surface area contributed by atoms with Crippen molar-refractivity contribution in [2.45, 2.75) is 6.04 Å². The van der Waals surface area contributed by atoms with Gasteiger partial charge >= 0.3 is 5.97 Å². The molecule has 29 heavy (non-hydrogen) atoms. The summed E-state index contributed by atoms with van der Waals surface area (Å²) in [5, 5.41) is 9.78. The molecule has 3 rings (SSSR count). The molecule has 152 valence electrons. The van der Waals surface area contributed by atoms with Crippen LogP contribution >= 0.6 is 0 Å². The van der Waals surface area contributed by atoms with Crippen molar-refractivity contribution in [3.8, 4) is 11.5 Å². The highest BCUT2D eigenvalue weighted by Gasteiger charge is 2.31. The van der Waals surface area contributed by atoms with Crippen LogP contribution in [0.25, 0.3) is 0 Å². The molecule has 1 fully saturated rings. The Hall–Kier alpha value is -3.39. The molecule has 0 aromatic heterocycles. The molecular weight excluding hydrogens is 378 g/mol. The molecule has 1 saturated heterocycles. The molecule has 1 aliphatic rings. The largest absolute Gasteiger partial charge is 0.507 e. The normalized spacial score (nSPS) is 16.2. The molecule has 0 bridgehead atoms. The average Bonchev–Trinajstić information content (AvgIpc) is 2.77. The van der Waals surface area contributed by atoms with Gasteiger partial charge in [0.05, 0.1) is 43.1 Å². The molecule has 1 aliphatic heterocycles. The first-order chi connectivity index (χ1) is 14.1. The monoisotopic (exact) mass is 399 g/mol. The van der Waals surface area contributed by atoms with Gasteiger partial charge in [0.1, 0.15) is 18.1 Å². The lowest BCUT2D eigenvalue weighted by atomic mass is 10.0. The Labute approximate surface area is 167 Å². The second-order valence-corrected chi connectivity index (χ2v) is 6.38. The molecule has 8 nitrogen and oxygen atoms in total. The number of benzene rings is 2. The van der Waals surface area contributed by atoms with Gasteiger partial charge in [-0.3, -0.25) is 9.59 Å². The topological polar surface area (TPSA) is 102 Å². The molecule has 2 aromatic rings. The number of hydrogen-bond donors (Lipinski definition) is 1. The molecule has 0 radical (unpaired) electrons. The first kappa shape index (κ1) is 20.3. The van der Waals surface area contributed by atoms with Crippen LogP contribution in [0.15, 0.2) is 42.5 Å². The zero-order valence-corrected chi connectivity index (χ0v) is 15.9. The van der Waals surface area contributed by atoms with Crippen LogP contribution in [0.1, 0.15) is 31.1 Å². The first-order valence-corrected chi connectivity index (χ1v) is 9.02. The maximum atomic E-state index is 13.2. The van der Waals surface area contributed by atoms with Crippen LogP contribution in [0, 0.1) is 0 Å². The minimum Gasteiger partial charge on any atom is -0.507 e. The van der Waals surface area contributed by atoms with Crippen molar-refractivity contribution in [3.63, 3.8) is 0 Å². The van der Waals surface area contributed by atoms with Crippen LogP contribution in [-0.2, 0) is 9.47 Å². The standard InChI is InChI=1S/C21H21NO7/c1-27-21(26)16-6-3-2-5-15(16)20(25)22-9-10-28-12-14(22)13-29-19-8-4-7-18(24)17(19)11-23/h2-8,11,14,24H,9-10,12-13H2,1H3/t14-/m0/s1. The van der Waals surface area contributed by atoms with E-state index in [0.717, 1.165) is 0 Å². The predicted octanol–water partition coefficient (Wildman–Crippen LogP) is 1.91. The number of ether oxygens (including phenoxy) is 3. The number of phenolic OH excluding ortho intramolecular Hbond substituents is 1. The second kappa shape index (κ2) is 9.20. The number of esters is 1. The zero-order valence-electron chi connectivity index (χ0n) is 15.9. The van der Waals surface area contributed by atoms with E-state index in [1.54, 1.807) is 35.2 Å². The molecule has 2 aromatic carbocycles. The lowest BCUT2D eigenvalue weighted by Crippen LogP contribution is -2.51. The smallest absolute Gasteiger partial charge is 0.338 e. The lowest BCUT2D eigenvalue weighted by molar-refractivity contribution is -0.0152. The number of morpholine rings is 1. The van der Waals surface area contributed by atoms with E-state index in [2.05, 4.69) is 0 Å². The van der Waals surface area contributed by atoms with Crippen molar-refractivity contribution >= 4 is 18.2 Å². The minimum atomic E-state index is -0.592. The number of phenols is 1. The number of amides is 1. The van der Waals surface area contributed by atoms with Gasteiger partial charge in [-0.25, -0.2) is 4.79 Å². The Morgan fingerprint density at radius 3 is 2.69 bits per heavy atom. The molecule has 1 heterocycles. The molecule has 1 amide bonds. The van der Waals surface area contributed by atoms with Crippen LogP contribution in [-0.4, -0.2) is 67.7 Å². The van der Waals surface area contributed by atoms with Gasteiger partial charge in [0.25, 0.3) is 5.91 Å². The van der Waals surface area contributed by atoms with E-state index in [9.17, 15) is 19.5 Å². The molecule has 0 unspecified atom stereocenters. The van der Waals surface area contributed by atoms with E-state index in [-0.39, 0.29) is 47.3 Å². The van der Waals surface area contributed by atoms with Gasteiger partial charge < -0.3 is 24.2 Å². The van der Waals surface area contributed by atoms with E-state index < -0.39 is 12.0 Å². The lowest BCUT2D eigenvalue weighted by Gasteiger charge is -2.35. The Morgan fingerprint density at radius 2 is 1.97 bits per heavy atom. The van der Waals surface area contributed by atoms with Gasteiger partial charge in [-0.15, -0.1) is 0 Å². The summed E-state index contributed by atoms with van der Waals surface area (Å²) in [6, 6.07) is 10.5. The van der Waals surface area contributed by atoms with Gasteiger partial charge in [0, 0.05) is 6.54 Å². The van der Waals surface area contributed by atoms with E-state index in [1.807, 2.05) is 0 Å². The number of carbonyl (C=O) groups excluding carboxylic acids is 3. The molecule has 0 saturated carbocycles. The molecule has 0 spiro atoms. The number of aldehydes is 1. The summed E-state index contributed by atoms with van der Waals surface area (Å²) in [4.78, 5) is 38.0. The van der Waals surface area contributed by atoms with E-state index in [4.69, 9.17) is 14.2 Å². The highest BCUT2D eigenvalue weighted by molar-refractivity contribution is 6.05. The summed E-state index contributed by atoms with van der Waals surface area (Å²) >= 11 is 0. The van der Waals surface area contributed by atoms with Crippen LogP contribution in [0.5, 0.6) is 11.5 Å². The van der Waals surface area contributed by atoms with Crippen molar-refractivity contribution < 1.29 is 33.7 Å². The number of nitrogens with zero attached hydrogens (tertiary/aromatic N) is 1. The van der Waals surface area contributed by atoms with Crippen LogP contribution in [0.3, 0.4) is 0 Å². The van der Waals surface area contributed by atoms with Gasteiger partial charge in [-0.2, -0.15) is 0 Å².